The lowest BCUT2D eigenvalue weighted by Crippen LogP contribution is -2.40. The number of methoxy groups -OCH3 is 3. The molecule has 0 spiro atoms. The number of hydrogen-bond donors (Lipinski definition) is 1. The van der Waals surface area contributed by atoms with Crippen LogP contribution in [0.5, 0.6) is 17.2 Å². The maximum atomic E-state index is 13.6. The van der Waals surface area contributed by atoms with E-state index >= 15 is 0 Å². The molecule has 0 aliphatic carbocycles. The van der Waals surface area contributed by atoms with E-state index in [1.165, 1.54) is 0 Å². The van der Waals surface area contributed by atoms with Crippen LogP contribution in [0.3, 0.4) is 0 Å². The Balaban J connectivity index is 2.17. The summed E-state index contributed by atoms with van der Waals surface area (Å²) >= 11 is 0. The SMILES string of the molecule is COCCn1c(C)cc(O)c([C@H](c2ccc(OC)c(OC)c2)N2CCC(C)CC2)c1=O. The molecule has 1 aromatic heterocycles. The Labute approximate surface area is 184 Å². The molecule has 1 atom stereocenters. The van der Waals surface area contributed by atoms with Gasteiger partial charge >= 0.3 is 0 Å². The number of aryl methyl sites for hydroxylation is 1. The average Bonchev–Trinajstić information content (AvgIpc) is 2.76. The van der Waals surface area contributed by atoms with Gasteiger partial charge in [0.05, 0.1) is 32.4 Å². The van der Waals surface area contributed by atoms with E-state index in [1.54, 1.807) is 32.0 Å². The van der Waals surface area contributed by atoms with Gasteiger partial charge in [-0.15, -0.1) is 0 Å². The fourth-order valence-electron chi connectivity index (χ4n) is 4.36. The lowest BCUT2D eigenvalue weighted by atomic mass is 9.91. The fourth-order valence-corrected chi connectivity index (χ4v) is 4.36. The molecule has 2 heterocycles. The van der Waals surface area contributed by atoms with Gasteiger partial charge in [-0.2, -0.15) is 0 Å². The van der Waals surface area contributed by atoms with Gasteiger partial charge in [-0.05, 0) is 62.5 Å². The van der Waals surface area contributed by atoms with Crippen LogP contribution in [0.15, 0.2) is 29.1 Å². The number of aromatic nitrogens is 1. The molecule has 1 saturated heterocycles. The van der Waals surface area contributed by atoms with Gasteiger partial charge < -0.3 is 23.9 Å². The van der Waals surface area contributed by atoms with E-state index < -0.39 is 0 Å². The molecular formula is C24H34N2O5. The molecule has 1 aliphatic rings. The van der Waals surface area contributed by atoms with E-state index in [1.807, 2.05) is 25.1 Å². The molecule has 1 N–H and O–H groups in total. The predicted molar refractivity (Wildman–Crippen MR) is 120 cm³/mol. The van der Waals surface area contributed by atoms with Crippen LogP contribution in [0.4, 0.5) is 0 Å². The van der Waals surface area contributed by atoms with Crippen LogP contribution in [0.25, 0.3) is 0 Å². The summed E-state index contributed by atoms with van der Waals surface area (Å²) in [7, 11) is 4.81. The summed E-state index contributed by atoms with van der Waals surface area (Å²) in [5.41, 5.74) is 1.81. The molecule has 0 amide bonds. The smallest absolute Gasteiger partial charge is 0.259 e. The van der Waals surface area contributed by atoms with E-state index in [9.17, 15) is 9.90 Å². The molecule has 0 radical (unpaired) electrons. The Kier molecular flexibility index (Phi) is 7.62. The Morgan fingerprint density at radius 3 is 2.39 bits per heavy atom. The van der Waals surface area contributed by atoms with Crippen molar-refractivity contribution in [2.75, 3.05) is 41.0 Å². The third-order valence-corrected chi connectivity index (χ3v) is 6.22. The lowest BCUT2D eigenvalue weighted by molar-refractivity contribution is 0.153. The first-order chi connectivity index (χ1) is 14.9. The molecule has 7 nitrogen and oxygen atoms in total. The van der Waals surface area contributed by atoms with Gasteiger partial charge in [0.25, 0.3) is 5.56 Å². The second-order valence-electron chi connectivity index (χ2n) is 8.27. The van der Waals surface area contributed by atoms with Gasteiger partial charge in [-0.1, -0.05) is 13.0 Å². The summed E-state index contributed by atoms with van der Waals surface area (Å²) in [6.07, 6.45) is 2.10. The highest BCUT2D eigenvalue weighted by molar-refractivity contribution is 5.48. The Hall–Kier alpha value is -2.51. The van der Waals surface area contributed by atoms with Crippen molar-refractivity contribution in [2.24, 2.45) is 5.92 Å². The van der Waals surface area contributed by atoms with Crippen LogP contribution in [0.2, 0.25) is 0 Å². The third kappa shape index (κ3) is 4.88. The standard InChI is InChI=1S/C24H34N2O5/c1-16-8-10-25(11-9-16)23(18-6-7-20(30-4)21(15-18)31-5)22-19(27)14-17(2)26(24(22)28)12-13-29-3/h6-7,14-16,23,27H,8-13H2,1-5H3/t23-/m0/s1. The van der Waals surface area contributed by atoms with Crippen LogP contribution < -0.4 is 15.0 Å². The van der Waals surface area contributed by atoms with Crippen molar-refractivity contribution in [2.45, 2.75) is 39.3 Å². The summed E-state index contributed by atoms with van der Waals surface area (Å²) in [4.78, 5) is 15.9. The minimum absolute atomic E-state index is 0.0228. The van der Waals surface area contributed by atoms with Crippen molar-refractivity contribution in [3.8, 4) is 17.2 Å². The number of hydrogen-bond acceptors (Lipinski definition) is 6. The fraction of sp³-hybridized carbons (Fsp3) is 0.542. The van der Waals surface area contributed by atoms with Crippen LogP contribution >= 0.6 is 0 Å². The number of nitrogens with zero attached hydrogens (tertiary/aromatic N) is 2. The number of ether oxygens (including phenoxy) is 3. The number of benzene rings is 1. The minimum Gasteiger partial charge on any atom is -0.507 e. The molecule has 170 valence electrons. The third-order valence-electron chi connectivity index (χ3n) is 6.22. The normalized spacial score (nSPS) is 16.3. The van der Waals surface area contributed by atoms with Crippen molar-refractivity contribution in [3.63, 3.8) is 0 Å². The van der Waals surface area contributed by atoms with Gasteiger partial charge in [-0.3, -0.25) is 9.69 Å². The first-order valence-corrected chi connectivity index (χ1v) is 10.8. The maximum Gasteiger partial charge on any atom is 0.259 e. The maximum absolute atomic E-state index is 13.6. The van der Waals surface area contributed by atoms with Crippen LogP contribution in [-0.2, 0) is 11.3 Å². The largest absolute Gasteiger partial charge is 0.507 e. The first-order valence-electron chi connectivity index (χ1n) is 10.8. The van der Waals surface area contributed by atoms with Crippen molar-refractivity contribution >= 4 is 0 Å². The van der Waals surface area contributed by atoms with Gasteiger partial charge in [0.15, 0.2) is 11.5 Å². The van der Waals surface area contributed by atoms with Gasteiger partial charge in [0.2, 0.25) is 0 Å². The molecule has 1 fully saturated rings. The van der Waals surface area contributed by atoms with E-state index in [2.05, 4.69) is 11.8 Å². The number of pyridine rings is 1. The quantitative estimate of drug-likeness (QED) is 0.692. The monoisotopic (exact) mass is 430 g/mol. The summed E-state index contributed by atoms with van der Waals surface area (Å²) in [5, 5.41) is 10.9. The van der Waals surface area contributed by atoms with E-state index in [-0.39, 0.29) is 17.4 Å². The summed E-state index contributed by atoms with van der Waals surface area (Å²) in [6.45, 7) is 6.64. The number of rotatable bonds is 8. The van der Waals surface area contributed by atoms with E-state index in [0.717, 1.165) is 31.5 Å². The van der Waals surface area contributed by atoms with Gasteiger partial charge in [0, 0.05) is 19.3 Å². The Morgan fingerprint density at radius 2 is 1.77 bits per heavy atom. The molecule has 0 bridgehead atoms. The highest BCUT2D eigenvalue weighted by Crippen LogP contribution is 2.38. The zero-order valence-corrected chi connectivity index (χ0v) is 19.2. The summed E-state index contributed by atoms with van der Waals surface area (Å²) < 4.78 is 17.8. The molecule has 31 heavy (non-hydrogen) atoms. The highest BCUT2D eigenvalue weighted by Gasteiger charge is 2.31. The number of aromatic hydroxyl groups is 1. The number of likely N-dealkylation sites (tertiary alicyclic amines) is 1. The lowest BCUT2D eigenvalue weighted by Gasteiger charge is -2.37. The van der Waals surface area contributed by atoms with Crippen molar-refractivity contribution in [1.82, 2.24) is 9.47 Å². The van der Waals surface area contributed by atoms with E-state index in [0.29, 0.717) is 41.8 Å². The molecule has 2 aromatic rings. The highest BCUT2D eigenvalue weighted by atomic mass is 16.5. The Bertz CT molecular complexity index is 948. The summed E-state index contributed by atoms with van der Waals surface area (Å²) in [5.74, 6) is 1.89. The zero-order chi connectivity index (χ0) is 22.5. The van der Waals surface area contributed by atoms with Crippen molar-refractivity contribution < 1.29 is 19.3 Å². The van der Waals surface area contributed by atoms with Gasteiger partial charge in [-0.25, -0.2) is 0 Å². The first kappa shape index (κ1) is 23.2. The molecule has 1 aliphatic heterocycles. The van der Waals surface area contributed by atoms with Gasteiger partial charge in [0.1, 0.15) is 5.75 Å². The molecule has 0 unspecified atom stereocenters. The average molecular weight is 431 g/mol. The second-order valence-corrected chi connectivity index (χ2v) is 8.27. The number of piperidine rings is 1. The Morgan fingerprint density at radius 1 is 1.10 bits per heavy atom. The molecule has 3 rings (SSSR count). The van der Waals surface area contributed by atoms with E-state index in [4.69, 9.17) is 14.2 Å². The van der Waals surface area contributed by atoms with Crippen LogP contribution in [-0.4, -0.2) is 55.6 Å². The molecular weight excluding hydrogens is 396 g/mol. The molecule has 1 aromatic carbocycles. The van der Waals surface area contributed by atoms with Crippen LogP contribution in [0.1, 0.15) is 42.6 Å². The molecule has 7 heteroatoms. The molecule has 0 saturated carbocycles. The second kappa shape index (κ2) is 10.2. The van der Waals surface area contributed by atoms with Crippen molar-refractivity contribution in [3.05, 3.63) is 51.4 Å². The predicted octanol–water partition coefficient (Wildman–Crippen LogP) is 3.35. The minimum atomic E-state index is -0.380. The van der Waals surface area contributed by atoms with Crippen molar-refractivity contribution in [1.29, 1.82) is 0 Å². The zero-order valence-electron chi connectivity index (χ0n) is 19.2. The summed E-state index contributed by atoms with van der Waals surface area (Å²) in [6, 6.07) is 6.99. The van der Waals surface area contributed by atoms with Crippen LogP contribution in [0, 0.1) is 12.8 Å². The topological polar surface area (TPSA) is 73.2 Å².